The fourth-order valence-electron chi connectivity index (χ4n) is 2.59. The van der Waals surface area contributed by atoms with Gasteiger partial charge >= 0.3 is 0 Å². The van der Waals surface area contributed by atoms with E-state index < -0.39 is 0 Å². The summed E-state index contributed by atoms with van der Waals surface area (Å²) in [5, 5.41) is 11.0. The van der Waals surface area contributed by atoms with Crippen molar-refractivity contribution in [3.8, 4) is 11.5 Å². The van der Waals surface area contributed by atoms with Gasteiger partial charge in [-0.05, 0) is 38.5 Å². The number of aliphatic imine (C=N–C) groups is 1. The molecule has 0 fully saturated rings. The fourth-order valence-corrected chi connectivity index (χ4v) is 2.59. The normalized spacial score (nSPS) is 10.9. The van der Waals surface area contributed by atoms with Crippen molar-refractivity contribution in [3.05, 3.63) is 41.7 Å². The molecule has 0 radical (unpaired) electrons. The molecule has 1 aromatic carbocycles. The highest BCUT2D eigenvalue weighted by atomic mass is 127. The molecule has 2 rings (SSSR count). The number of benzene rings is 1. The minimum absolute atomic E-state index is 0. The lowest BCUT2D eigenvalue weighted by atomic mass is 10.3. The Labute approximate surface area is 178 Å². The molecule has 2 N–H and O–H groups in total. The van der Waals surface area contributed by atoms with Crippen molar-refractivity contribution < 1.29 is 9.47 Å². The zero-order valence-electron chi connectivity index (χ0n) is 16.5. The van der Waals surface area contributed by atoms with E-state index in [0.29, 0.717) is 13.2 Å². The first kappa shape index (κ1) is 23.1. The molecule has 7 nitrogen and oxygen atoms in total. The topological polar surface area (TPSA) is 72.7 Å². The van der Waals surface area contributed by atoms with Gasteiger partial charge in [0.1, 0.15) is 18.1 Å². The van der Waals surface area contributed by atoms with Crippen LogP contribution in [-0.4, -0.2) is 49.6 Å². The number of guanidine groups is 1. The van der Waals surface area contributed by atoms with Crippen molar-refractivity contribution in [2.45, 2.75) is 26.8 Å². The molecule has 1 aromatic heterocycles. The monoisotopic (exact) mass is 487 g/mol. The van der Waals surface area contributed by atoms with Crippen molar-refractivity contribution in [1.82, 2.24) is 20.4 Å². The average Bonchev–Trinajstić information content (AvgIpc) is 2.97. The van der Waals surface area contributed by atoms with Gasteiger partial charge in [0.2, 0.25) is 0 Å². The quantitative estimate of drug-likeness (QED) is 0.246. The van der Waals surface area contributed by atoms with Crippen LogP contribution in [0.5, 0.6) is 11.5 Å². The molecule has 0 unspecified atom stereocenters. The van der Waals surface area contributed by atoms with Gasteiger partial charge in [-0.15, -0.1) is 24.0 Å². The predicted molar refractivity (Wildman–Crippen MR) is 120 cm³/mol. The molecule has 0 saturated carbocycles. The van der Waals surface area contributed by atoms with Crippen molar-refractivity contribution in [2.24, 2.45) is 4.99 Å². The second-order valence-electron chi connectivity index (χ2n) is 5.96. The summed E-state index contributed by atoms with van der Waals surface area (Å²) in [4.78, 5) is 4.22. The molecule has 0 bridgehead atoms. The molecule has 0 aliphatic heterocycles. The first-order valence-corrected chi connectivity index (χ1v) is 8.85. The van der Waals surface area contributed by atoms with Crippen molar-refractivity contribution in [2.75, 3.05) is 33.9 Å². The number of hydrogen-bond donors (Lipinski definition) is 2. The number of methoxy groups -OCH3 is 1. The van der Waals surface area contributed by atoms with Crippen molar-refractivity contribution >= 4 is 29.9 Å². The van der Waals surface area contributed by atoms with E-state index in [1.165, 1.54) is 5.69 Å². The lowest BCUT2D eigenvalue weighted by molar-refractivity contribution is 0.319. The molecule has 2 aromatic rings. The number of aromatic nitrogens is 2. The highest BCUT2D eigenvalue weighted by molar-refractivity contribution is 14.0. The molecule has 1 heterocycles. The number of nitrogens with zero attached hydrogens (tertiary/aromatic N) is 3. The Bertz CT molecular complexity index is 718. The highest BCUT2D eigenvalue weighted by Gasteiger charge is 2.02. The first-order chi connectivity index (χ1) is 12.6. The maximum Gasteiger partial charge on any atom is 0.191 e. The molecule has 0 saturated heterocycles. The Hall–Kier alpha value is -1.97. The van der Waals surface area contributed by atoms with Crippen LogP contribution < -0.4 is 20.1 Å². The van der Waals surface area contributed by atoms with Crippen LogP contribution >= 0.6 is 24.0 Å². The lowest BCUT2D eigenvalue weighted by Gasteiger charge is -2.13. The second kappa shape index (κ2) is 12.4. The van der Waals surface area contributed by atoms with E-state index in [0.717, 1.165) is 42.7 Å². The van der Waals surface area contributed by atoms with E-state index in [9.17, 15) is 0 Å². The van der Waals surface area contributed by atoms with Crippen LogP contribution in [0.1, 0.15) is 17.8 Å². The standard InChI is InChI=1S/C19H29N5O2.HI/c1-15-13-16(2)24(23-15)11-6-9-21-19(20-3)22-10-12-26-18-8-5-7-17(14-18)25-4;/h5,7-8,13-14H,6,9-12H2,1-4H3,(H2,20,21,22);1H. The summed E-state index contributed by atoms with van der Waals surface area (Å²) in [6.07, 6.45) is 0.975. The van der Waals surface area contributed by atoms with Gasteiger partial charge in [0.15, 0.2) is 5.96 Å². The number of ether oxygens (including phenoxy) is 2. The van der Waals surface area contributed by atoms with Crippen LogP contribution in [0.25, 0.3) is 0 Å². The average molecular weight is 487 g/mol. The Morgan fingerprint density at radius 1 is 1.15 bits per heavy atom. The smallest absolute Gasteiger partial charge is 0.191 e. The van der Waals surface area contributed by atoms with Gasteiger partial charge in [-0.25, -0.2) is 0 Å². The van der Waals surface area contributed by atoms with Crippen molar-refractivity contribution in [3.63, 3.8) is 0 Å². The van der Waals surface area contributed by atoms with Crippen LogP contribution in [-0.2, 0) is 6.54 Å². The number of halogens is 1. The first-order valence-electron chi connectivity index (χ1n) is 8.85. The number of nitrogens with one attached hydrogen (secondary N) is 2. The van der Waals surface area contributed by atoms with Crippen LogP contribution in [0.15, 0.2) is 35.3 Å². The minimum Gasteiger partial charge on any atom is -0.497 e. The third-order valence-corrected chi connectivity index (χ3v) is 3.87. The van der Waals surface area contributed by atoms with Crippen LogP contribution in [0.3, 0.4) is 0 Å². The summed E-state index contributed by atoms with van der Waals surface area (Å²) >= 11 is 0. The van der Waals surface area contributed by atoms with Gasteiger partial charge < -0.3 is 20.1 Å². The Morgan fingerprint density at radius 3 is 2.56 bits per heavy atom. The predicted octanol–water partition coefficient (Wildman–Crippen LogP) is 2.76. The van der Waals surface area contributed by atoms with E-state index in [2.05, 4.69) is 33.7 Å². The molecule has 150 valence electrons. The van der Waals surface area contributed by atoms with E-state index >= 15 is 0 Å². The maximum absolute atomic E-state index is 5.71. The largest absolute Gasteiger partial charge is 0.497 e. The third-order valence-electron chi connectivity index (χ3n) is 3.87. The van der Waals surface area contributed by atoms with E-state index in [1.54, 1.807) is 14.2 Å². The Kier molecular flexibility index (Phi) is 10.6. The van der Waals surface area contributed by atoms with Gasteiger partial charge in [0.25, 0.3) is 0 Å². The van der Waals surface area contributed by atoms with Gasteiger partial charge in [0, 0.05) is 31.9 Å². The summed E-state index contributed by atoms with van der Waals surface area (Å²) < 4.78 is 12.9. The van der Waals surface area contributed by atoms with Crippen LogP contribution in [0, 0.1) is 13.8 Å². The molecule has 0 spiro atoms. The SMILES string of the molecule is CN=C(NCCCn1nc(C)cc1C)NCCOc1cccc(OC)c1.I. The Balaban J connectivity index is 0.00000364. The molecule has 0 aliphatic carbocycles. The second-order valence-corrected chi connectivity index (χ2v) is 5.96. The lowest BCUT2D eigenvalue weighted by Crippen LogP contribution is -2.39. The van der Waals surface area contributed by atoms with Crippen LogP contribution in [0.2, 0.25) is 0 Å². The van der Waals surface area contributed by atoms with Gasteiger partial charge in [-0.2, -0.15) is 5.10 Å². The van der Waals surface area contributed by atoms with Crippen molar-refractivity contribution in [1.29, 1.82) is 0 Å². The molecular weight excluding hydrogens is 457 g/mol. The number of aryl methyl sites for hydroxylation is 3. The molecule has 8 heteroatoms. The van der Waals surface area contributed by atoms with E-state index in [-0.39, 0.29) is 24.0 Å². The summed E-state index contributed by atoms with van der Waals surface area (Å²) in [5.74, 6) is 2.35. The fraction of sp³-hybridized carbons (Fsp3) is 0.474. The van der Waals surface area contributed by atoms with Gasteiger partial charge in [0.05, 0.1) is 19.3 Å². The zero-order chi connectivity index (χ0) is 18.8. The zero-order valence-corrected chi connectivity index (χ0v) is 18.8. The maximum atomic E-state index is 5.71. The molecule has 27 heavy (non-hydrogen) atoms. The van der Waals surface area contributed by atoms with Crippen LogP contribution in [0.4, 0.5) is 0 Å². The summed E-state index contributed by atoms with van der Waals surface area (Å²) in [7, 11) is 3.41. The Morgan fingerprint density at radius 2 is 1.89 bits per heavy atom. The van der Waals surface area contributed by atoms with E-state index in [4.69, 9.17) is 9.47 Å². The van der Waals surface area contributed by atoms with E-state index in [1.807, 2.05) is 35.9 Å². The van der Waals surface area contributed by atoms with Gasteiger partial charge in [-0.3, -0.25) is 9.67 Å². The summed E-state index contributed by atoms with van der Waals surface area (Å²) in [6, 6.07) is 9.67. The van der Waals surface area contributed by atoms with Gasteiger partial charge in [-0.1, -0.05) is 6.07 Å². The molecule has 0 amide bonds. The third kappa shape index (κ3) is 8.06. The summed E-state index contributed by atoms with van der Waals surface area (Å²) in [6.45, 7) is 7.02. The summed E-state index contributed by atoms with van der Waals surface area (Å²) in [5.41, 5.74) is 2.25. The number of rotatable bonds is 9. The number of hydrogen-bond acceptors (Lipinski definition) is 4. The molecule has 0 aliphatic rings. The minimum atomic E-state index is 0. The molecule has 0 atom stereocenters. The molecular formula is C19H30IN5O2. The highest BCUT2D eigenvalue weighted by Crippen LogP contribution is 2.18.